The maximum absolute atomic E-state index is 13.5. The molecular formula is C29H34N4O8S. The van der Waals surface area contributed by atoms with Crippen LogP contribution in [0.2, 0.25) is 0 Å². The topological polar surface area (TPSA) is 148 Å². The summed E-state index contributed by atoms with van der Waals surface area (Å²) in [5.41, 5.74) is 1.47. The lowest BCUT2D eigenvalue weighted by atomic mass is 9.80. The third-order valence-corrected chi connectivity index (χ3v) is 9.16. The van der Waals surface area contributed by atoms with Crippen LogP contribution in [0.5, 0.6) is 0 Å². The van der Waals surface area contributed by atoms with Crippen molar-refractivity contribution in [3.63, 3.8) is 0 Å². The predicted octanol–water partition coefficient (Wildman–Crippen LogP) is 2.94. The Morgan fingerprint density at radius 2 is 1.57 bits per heavy atom. The second-order valence-corrected chi connectivity index (χ2v) is 11.8. The number of nitrogens with zero attached hydrogens (tertiary/aromatic N) is 3. The Morgan fingerprint density at radius 1 is 0.952 bits per heavy atom. The van der Waals surface area contributed by atoms with Gasteiger partial charge in [0.1, 0.15) is 6.61 Å². The van der Waals surface area contributed by atoms with Crippen LogP contribution in [0.15, 0.2) is 82.0 Å². The highest BCUT2D eigenvalue weighted by molar-refractivity contribution is 7.89. The number of hydrogen-bond acceptors (Lipinski definition) is 10. The second kappa shape index (κ2) is 13.3. The van der Waals surface area contributed by atoms with Crippen LogP contribution in [0.3, 0.4) is 0 Å². The monoisotopic (exact) mass is 598 g/mol. The van der Waals surface area contributed by atoms with Gasteiger partial charge in [-0.1, -0.05) is 30.3 Å². The van der Waals surface area contributed by atoms with E-state index in [0.717, 1.165) is 0 Å². The molecule has 1 saturated heterocycles. The number of dihydropyridines is 1. The van der Waals surface area contributed by atoms with Gasteiger partial charge in [0.2, 0.25) is 10.0 Å². The van der Waals surface area contributed by atoms with Gasteiger partial charge in [-0.3, -0.25) is 15.0 Å². The van der Waals surface area contributed by atoms with Crippen LogP contribution in [0, 0.1) is 10.1 Å². The number of carbonyl (C=O) groups is 2. The molecule has 12 nitrogen and oxygen atoms in total. The van der Waals surface area contributed by atoms with Crippen molar-refractivity contribution in [3.05, 3.63) is 92.8 Å². The number of non-ortho nitro benzene ring substituents is 1. The van der Waals surface area contributed by atoms with Gasteiger partial charge < -0.3 is 14.8 Å². The number of esters is 2. The molecule has 0 aliphatic carbocycles. The molecule has 0 saturated carbocycles. The summed E-state index contributed by atoms with van der Waals surface area (Å²) in [6.07, 6.45) is 0. The van der Waals surface area contributed by atoms with E-state index >= 15 is 0 Å². The quantitative estimate of drug-likeness (QED) is 0.246. The number of nitrogens with one attached hydrogen (secondary N) is 1. The number of nitro groups is 1. The summed E-state index contributed by atoms with van der Waals surface area (Å²) >= 11 is 0. The molecule has 42 heavy (non-hydrogen) atoms. The van der Waals surface area contributed by atoms with E-state index in [1.165, 1.54) is 22.5 Å². The van der Waals surface area contributed by atoms with Crippen LogP contribution < -0.4 is 5.32 Å². The molecule has 0 bridgehead atoms. The fraction of sp³-hybridized carbons (Fsp3) is 0.379. The van der Waals surface area contributed by atoms with Crippen molar-refractivity contribution in [2.45, 2.75) is 31.6 Å². The molecule has 1 fully saturated rings. The molecule has 2 aromatic rings. The fourth-order valence-electron chi connectivity index (χ4n) is 5.18. The van der Waals surface area contributed by atoms with Crippen LogP contribution in [0.25, 0.3) is 0 Å². The summed E-state index contributed by atoms with van der Waals surface area (Å²) < 4.78 is 38.2. The standard InChI is InChI=1S/C29H34N4O8S/c1-4-40-28(34)25-20(2)30-21(3)26(27(25)22-9-8-10-23(19-22)33(36)37)29(35)41-18-17-31-13-15-32(16-14-31)42(38,39)24-11-6-5-7-12-24/h5-12,19,27,30H,4,13-18H2,1-3H3/t27-/m1/s1. The lowest BCUT2D eigenvalue weighted by molar-refractivity contribution is -0.384. The maximum atomic E-state index is 13.5. The van der Waals surface area contributed by atoms with Crippen LogP contribution >= 0.6 is 0 Å². The van der Waals surface area contributed by atoms with Crippen molar-refractivity contribution < 1.29 is 32.4 Å². The number of nitro benzene ring substituents is 1. The normalized spacial score (nSPS) is 18.4. The number of benzene rings is 2. The predicted molar refractivity (Wildman–Crippen MR) is 154 cm³/mol. The number of carbonyl (C=O) groups excluding carboxylic acids is 2. The van der Waals surface area contributed by atoms with E-state index in [4.69, 9.17) is 9.47 Å². The molecule has 1 N–H and O–H groups in total. The van der Waals surface area contributed by atoms with Gasteiger partial charge in [-0.15, -0.1) is 0 Å². The van der Waals surface area contributed by atoms with E-state index in [1.54, 1.807) is 57.2 Å². The first-order chi connectivity index (χ1) is 20.0. The van der Waals surface area contributed by atoms with Crippen LogP contribution in [0.4, 0.5) is 5.69 Å². The van der Waals surface area contributed by atoms with Crippen LogP contribution in [-0.2, 0) is 29.1 Å². The first-order valence-corrected chi connectivity index (χ1v) is 15.0. The first-order valence-electron chi connectivity index (χ1n) is 13.6. The van der Waals surface area contributed by atoms with Crippen molar-refractivity contribution >= 4 is 27.6 Å². The van der Waals surface area contributed by atoms with Crippen molar-refractivity contribution in [1.29, 1.82) is 0 Å². The highest BCUT2D eigenvalue weighted by atomic mass is 32.2. The Morgan fingerprint density at radius 3 is 2.17 bits per heavy atom. The van der Waals surface area contributed by atoms with Crippen molar-refractivity contribution in [3.8, 4) is 0 Å². The fourth-order valence-corrected chi connectivity index (χ4v) is 6.62. The summed E-state index contributed by atoms with van der Waals surface area (Å²) in [6, 6.07) is 14.1. The van der Waals surface area contributed by atoms with E-state index in [2.05, 4.69) is 5.32 Å². The van der Waals surface area contributed by atoms with E-state index < -0.39 is 32.8 Å². The van der Waals surface area contributed by atoms with Crippen molar-refractivity contribution in [1.82, 2.24) is 14.5 Å². The highest BCUT2D eigenvalue weighted by Crippen LogP contribution is 2.40. The number of sulfonamides is 1. The number of hydrogen-bond donors (Lipinski definition) is 1. The summed E-state index contributed by atoms with van der Waals surface area (Å²) in [7, 11) is -3.58. The number of piperazine rings is 1. The zero-order valence-electron chi connectivity index (χ0n) is 23.7. The van der Waals surface area contributed by atoms with Crippen LogP contribution in [-0.4, -0.2) is 80.4 Å². The number of allylic oxidation sites excluding steroid dienone is 2. The van der Waals surface area contributed by atoms with E-state index in [-0.39, 0.29) is 34.9 Å². The van der Waals surface area contributed by atoms with Gasteiger partial charge in [0.05, 0.1) is 33.5 Å². The average molecular weight is 599 g/mol. The zero-order valence-corrected chi connectivity index (χ0v) is 24.6. The Kier molecular flexibility index (Phi) is 9.76. The van der Waals surface area contributed by atoms with Gasteiger partial charge >= 0.3 is 11.9 Å². The van der Waals surface area contributed by atoms with Crippen molar-refractivity contribution in [2.24, 2.45) is 0 Å². The van der Waals surface area contributed by atoms with Gasteiger partial charge in [-0.2, -0.15) is 4.31 Å². The minimum absolute atomic E-state index is 0.0279. The Hall–Kier alpha value is -4.07. The van der Waals surface area contributed by atoms with E-state index in [9.17, 15) is 28.1 Å². The molecule has 4 rings (SSSR count). The average Bonchev–Trinajstić information content (AvgIpc) is 2.97. The molecule has 1 atom stereocenters. The van der Waals surface area contributed by atoms with Gasteiger partial charge in [-0.25, -0.2) is 18.0 Å². The zero-order chi connectivity index (χ0) is 30.4. The molecule has 0 unspecified atom stereocenters. The van der Waals surface area contributed by atoms with E-state index in [0.29, 0.717) is 49.7 Å². The lowest BCUT2D eigenvalue weighted by Gasteiger charge is -2.34. The molecule has 0 radical (unpaired) electrons. The third kappa shape index (κ3) is 6.69. The highest BCUT2D eigenvalue weighted by Gasteiger charge is 2.38. The number of rotatable bonds is 10. The Bertz CT molecular complexity index is 1510. The minimum Gasteiger partial charge on any atom is -0.463 e. The molecule has 2 heterocycles. The molecule has 0 aromatic heterocycles. The van der Waals surface area contributed by atoms with Crippen LogP contribution in [0.1, 0.15) is 32.3 Å². The Labute approximate surface area is 244 Å². The third-order valence-electron chi connectivity index (χ3n) is 7.24. The minimum atomic E-state index is -3.58. The summed E-state index contributed by atoms with van der Waals surface area (Å²) in [5.74, 6) is -2.25. The molecule has 0 amide bonds. The van der Waals surface area contributed by atoms with Gasteiger partial charge in [0.15, 0.2) is 0 Å². The van der Waals surface area contributed by atoms with Gasteiger partial charge in [0, 0.05) is 56.3 Å². The van der Waals surface area contributed by atoms with Gasteiger partial charge in [0.25, 0.3) is 5.69 Å². The lowest BCUT2D eigenvalue weighted by Crippen LogP contribution is -2.49. The largest absolute Gasteiger partial charge is 0.463 e. The van der Waals surface area contributed by atoms with E-state index in [1.807, 2.05) is 4.90 Å². The summed E-state index contributed by atoms with van der Waals surface area (Å²) in [5, 5.41) is 14.5. The summed E-state index contributed by atoms with van der Waals surface area (Å²) in [6.45, 7) is 7.10. The number of ether oxygens (including phenoxy) is 2. The summed E-state index contributed by atoms with van der Waals surface area (Å²) in [4.78, 5) is 39.7. The second-order valence-electron chi connectivity index (χ2n) is 9.90. The molecule has 0 spiro atoms. The molecule has 224 valence electrons. The molecule has 13 heteroatoms. The maximum Gasteiger partial charge on any atom is 0.336 e. The van der Waals surface area contributed by atoms with Crippen molar-refractivity contribution in [2.75, 3.05) is 45.9 Å². The molecule has 2 aromatic carbocycles. The smallest absolute Gasteiger partial charge is 0.336 e. The Balaban J connectivity index is 1.46. The SMILES string of the molecule is CCOC(=O)C1=C(C)NC(C)=C(C(=O)OCCN2CCN(S(=O)(=O)c3ccccc3)CC2)[C@@H]1c1cccc([N+](=O)[O-])c1. The first kappa shape index (κ1) is 30.9. The molecular weight excluding hydrogens is 564 g/mol. The molecule has 2 aliphatic heterocycles. The molecule has 2 aliphatic rings. The van der Waals surface area contributed by atoms with Gasteiger partial charge in [-0.05, 0) is 38.5 Å².